The molecule has 0 saturated heterocycles. The van der Waals surface area contributed by atoms with Crippen molar-refractivity contribution in [2.24, 2.45) is 0 Å². The molecule has 0 bridgehead atoms. The summed E-state index contributed by atoms with van der Waals surface area (Å²) in [5.41, 5.74) is 4.90. The van der Waals surface area contributed by atoms with Crippen molar-refractivity contribution in [3.8, 4) is 11.4 Å². The minimum absolute atomic E-state index is 0.0474. The van der Waals surface area contributed by atoms with Crippen LogP contribution in [0.1, 0.15) is 37.6 Å². The predicted octanol–water partition coefficient (Wildman–Crippen LogP) is 5.18. The van der Waals surface area contributed by atoms with Gasteiger partial charge in [-0.05, 0) is 54.7 Å². The number of benzene rings is 2. The van der Waals surface area contributed by atoms with Crippen LogP contribution in [-0.2, 0) is 12.0 Å². The zero-order valence-corrected chi connectivity index (χ0v) is 18.8. The highest BCUT2D eigenvalue weighted by Crippen LogP contribution is 2.25. The van der Waals surface area contributed by atoms with E-state index in [4.69, 9.17) is 9.84 Å². The first kappa shape index (κ1) is 20.9. The maximum atomic E-state index is 12.9. The molecule has 2 aromatic carbocycles. The van der Waals surface area contributed by atoms with Crippen LogP contribution in [0, 0.1) is 13.8 Å². The van der Waals surface area contributed by atoms with E-state index in [9.17, 15) is 4.79 Å². The average molecular weight is 416 g/mol. The minimum atomic E-state index is -0.0474. The molecule has 2 aromatic heterocycles. The second-order valence-corrected chi connectivity index (χ2v) is 8.97. The van der Waals surface area contributed by atoms with Gasteiger partial charge in [0.2, 0.25) is 0 Å². The number of para-hydroxylation sites is 1. The molecule has 2 heterocycles. The number of nitrogens with zero attached hydrogens (tertiary/aromatic N) is 3. The third kappa shape index (κ3) is 4.13. The third-order valence-corrected chi connectivity index (χ3v) is 5.60. The Morgan fingerprint density at radius 3 is 2.29 bits per heavy atom. The van der Waals surface area contributed by atoms with Gasteiger partial charge in [0.25, 0.3) is 5.56 Å². The van der Waals surface area contributed by atoms with Crippen LogP contribution in [0.3, 0.4) is 0 Å². The zero-order valence-electron chi connectivity index (χ0n) is 18.8. The van der Waals surface area contributed by atoms with E-state index < -0.39 is 0 Å². The van der Waals surface area contributed by atoms with Gasteiger partial charge >= 0.3 is 0 Å². The fraction of sp³-hybridized carbons (Fsp3) is 0.308. The molecule has 0 atom stereocenters. The Balaban J connectivity index is 1.65. The number of rotatable bonds is 5. The van der Waals surface area contributed by atoms with Crippen molar-refractivity contribution in [3.05, 3.63) is 87.8 Å². The van der Waals surface area contributed by atoms with Gasteiger partial charge in [0, 0.05) is 11.5 Å². The molecular weight excluding hydrogens is 386 g/mol. The molecule has 4 aromatic rings. The van der Waals surface area contributed by atoms with Gasteiger partial charge in [-0.25, -0.2) is 4.68 Å². The molecule has 0 unspecified atom stereocenters. The molecule has 0 aliphatic rings. The SMILES string of the molecule is Cc1cc(=O)n(CCOc2ccc(C(C)(C)C)cc2)c2c1c(C)nn2-c1ccccc1. The van der Waals surface area contributed by atoms with Crippen LogP contribution in [0.4, 0.5) is 0 Å². The molecule has 0 aliphatic carbocycles. The van der Waals surface area contributed by atoms with Crippen molar-refractivity contribution < 1.29 is 4.74 Å². The summed E-state index contributed by atoms with van der Waals surface area (Å²) in [4.78, 5) is 12.9. The van der Waals surface area contributed by atoms with Gasteiger partial charge in [-0.3, -0.25) is 9.36 Å². The van der Waals surface area contributed by atoms with Crippen molar-refractivity contribution in [1.82, 2.24) is 14.3 Å². The molecule has 0 amide bonds. The number of aromatic nitrogens is 3. The van der Waals surface area contributed by atoms with Crippen LogP contribution in [0.2, 0.25) is 0 Å². The van der Waals surface area contributed by atoms with Gasteiger partial charge in [-0.2, -0.15) is 5.10 Å². The first-order valence-corrected chi connectivity index (χ1v) is 10.6. The number of fused-ring (bicyclic) bond motifs is 1. The Morgan fingerprint density at radius 2 is 1.65 bits per heavy atom. The maximum Gasteiger partial charge on any atom is 0.252 e. The van der Waals surface area contributed by atoms with Crippen LogP contribution in [-0.4, -0.2) is 21.0 Å². The summed E-state index contributed by atoms with van der Waals surface area (Å²) in [6.07, 6.45) is 0. The molecule has 0 radical (unpaired) electrons. The van der Waals surface area contributed by atoms with Crippen molar-refractivity contribution in [2.45, 2.75) is 46.6 Å². The molecule has 5 nitrogen and oxygen atoms in total. The van der Waals surface area contributed by atoms with E-state index in [0.29, 0.717) is 13.2 Å². The lowest BCUT2D eigenvalue weighted by molar-refractivity contribution is 0.298. The molecule has 0 fully saturated rings. The van der Waals surface area contributed by atoms with E-state index in [1.165, 1.54) is 5.56 Å². The molecule has 0 spiro atoms. The monoisotopic (exact) mass is 415 g/mol. The van der Waals surface area contributed by atoms with E-state index in [-0.39, 0.29) is 11.0 Å². The van der Waals surface area contributed by atoms with Gasteiger partial charge in [-0.1, -0.05) is 51.1 Å². The average Bonchev–Trinajstić information content (AvgIpc) is 3.08. The number of hydrogen-bond acceptors (Lipinski definition) is 3. The number of hydrogen-bond donors (Lipinski definition) is 0. The molecule has 0 saturated carbocycles. The first-order valence-electron chi connectivity index (χ1n) is 10.6. The third-order valence-electron chi connectivity index (χ3n) is 5.60. The predicted molar refractivity (Wildman–Crippen MR) is 125 cm³/mol. The van der Waals surface area contributed by atoms with E-state index in [1.54, 1.807) is 10.6 Å². The molecule has 4 rings (SSSR count). The minimum Gasteiger partial charge on any atom is -0.492 e. The van der Waals surface area contributed by atoms with Crippen LogP contribution in [0.15, 0.2) is 65.5 Å². The van der Waals surface area contributed by atoms with Crippen molar-refractivity contribution in [3.63, 3.8) is 0 Å². The van der Waals surface area contributed by atoms with Crippen molar-refractivity contribution in [2.75, 3.05) is 6.61 Å². The fourth-order valence-corrected chi connectivity index (χ4v) is 3.94. The summed E-state index contributed by atoms with van der Waals surface area (Å²) < 4.78 is 9.60. The smallest absolute Gasteiger partial charge is 0.252 e. The van der Waals surface area contributed by atoms with Gasteiger partial charge in [0.05, 0.1) is 17.9 Å². The van der Waals surface area contributed by atoms with Crippen molar-refractivity contribution >= 4 is 11.0 Å². The quantitative estimate of drug-likeness (QED) is 0.451. The Hall–Kier alpha value is -3.34. The fourth-order valence-electron chi connectivity index (χ4n) is 3.94. The number of pyridine rings is 1. The highest BCUT2D eigenvalue weighted by Gasteiger charge is 2.17. The normalized spacial score (nSPS) is 11.8. The largest absolute Gasteiger partial charge is 0.492 e. The van der Waals surface area contributed by atoms with E-state index in [2.05, 4.69) is 32.9 Å². The lowest BCUT2D eigenvalue weighted by Crippen LogP contribution is -2.25. The zero-order chi connectivity index (χ0) is 22.2. The second kappa shape index (κ2) is 8.06. The maximum absolute atomic E-state index is 12.9. The number of ether oxygens (including phenoxy) is 1. The van der Waals surface area contributed by atoms with Crippen LogP contribution in [0.25, 0.3) is 16.7 Å². The second-order valence-electron chi connectivity index (χ2n) is 8.97. The summed E-state index contributed by atoms with van der Waals surface area (Å²) in [6.45, 7) is 11.4. The van der Waals surface area contributed by atoms with Crippen LogP contribution in [0.5, 0.6) is 5.75 Å². The highest BCUT2D eigenvalue weighted by molar-refractivity contribution is 5.83. The van der Waals surface area contributed by atoms with Gasteiger partial charge in [-0.15, -0.1) is 0 Å². The van der Waals surface area contributed by atoms with E-state index >= 15 is 0 Å². The lowest BCUT2D eigenvalue weighted by atomic mass is 9.87. The number of aryl methyl sites for hydroxylation is 2. The summed E-state index contributed by atoms with van der Waals surface area (Å²) in [5.74, 6) is 0.803. The van der Waals surface area contributed by atoms with Crippen LogP contribution >= 0.6 is 0 Å². The lowest BCUT2D eigenvalue weighted by Gasteiger charge is -2.19. The Morgan fingerprint density at radius 1 is 0.968 bits per heavy atom. The summed E-state index contributed by atoms with van der Waals surface area (Å²) in [6, 6.07) is 19.8. The standard InChI is InChI=1S/C26H29N3O2/c1-18-17-23(30)28(15-16-31-22-13-11-20(12-14-22)26(3,4)5)25-24(18)19(2)27-29(25)21-9-7-6-8-10-21/h6-14,17H,15-16H2,1-5H3. The molecule has 160 valence electrons. The summed E-state index contributed by atoms with van der Waals surface area (Å²) >= 11 is 0. The highest BCUT2D eigenvalue weighted by atomic mass is 16.5. The van der Waals surface area contributed by atoms with Crippen molar-refractivity contribution in [1.29, 1.82) is 0 Å². The van der Waals surface area contributed by atoms with E-state index in [0.717, 1.165) is 33.7 Å². The van der Waals surface area contributed by atoms with Gasteiger partial charge < -0.3 is 4.74 Å². The topological polar surface area (TPSA) is 49.1 Å². The molecule has 5 heteroatoms. The summed E-state index contributed by atoms with van der Waals surface area (Å²) in [5, 5.41) is 5.75. The Labute approximate surface area is 182 Å². The molecule has 0 aliphatic heterocycles. The molecular formula is C26H29N3O2. The summed E-state index contributed by atoms with van der Waals surface area (Å²) in [7, 11) is 0. The van der Waals surface area contributed by atoms with E-state index in [1.807, 2.05) is 61.0 Å². The van der Waals surface area contributed by atoms with Gasteiger partial charge in [0.15, 0.2) is 0 Å². The van der Waals surface area contributed by atoms with Gasteiger partial charge in [0.1, 0.15) is 18.0 Å². The van der Waals surface area contributed by atoms with Crippen LogP contribution < -0.4 is 10.3 Å². The Kier molecular flexibility index (Phi) is 5.44. The Bertz CT molecular complexity index is 1260. The first-order chi connectivity index (χ1) is 14.8. The molecule has 0 N–H and O–H groups in total. The molecule has 31 heavy (non-hydrogen) atoms.